The molecule has 0 aliphatic heterocycles. The molecule has 3 aromatic heterocycles. The van der Waals surface area contributed by atoms with Crippen LogP contribution in [0.3, 0.4) is 0 Å². The van der Waals surface area contributed by atoms with E-state index >= 15 is 0 Å². The van der Waals surface area contributed by atoms with Gasteiger partial charge in [0.1, 0.15) is 0 Å². The molecule has 0 spiro atoms. The Hall–Kier alpha value is -5.06. The molecule has 2 N–H and O–H groups in total. The summed E-state index contributed by atoms with van der Waals surface area (Å²) in [5, 5.41) is 4.80. The summed E-state index contributed by atoms with van der Waals surface area (Å²) >= 11 is 0. The third-order valence-corrected chi connectivity index (χ3v) is 5.14. The van der Waals surface area contributed by atoms with Gasteiger partial charge in [-0.2, -0.15) is 13.2 Å². The van der Waals surface area contributed by atoms with Crippen molar-refractivity contribution in [2.24, 2.45) is 0 Å². The summed E-state index contributed by atoms with van der Waals surface area (Å²) in [6.45, 7) is -1.23. The lowest BCUT2D eigenvalue weighted by Crippen LogP contribution is -2.14. The summed E-state index contributed by atoms with van der Waals surface area (Å²) in [4.78, 5) is 29.2. The van der Waals surface area contributed by atoms with Crippen LogP contribution in [-0.2, 0) is 6.18 Å². The van der Waals surface area contributed by atoms with E-state index in [2.05, 4.69) is 30.6 Å². The van der Waals surface area contributed by atoms with Crippen molar-refractivity contribution in [1.29, 1.82) is 0 Å². The SMILES string of the molecule is [2H]c1nc([2H])c(-c2ccnc(Nc3cc(C(=O)Nc4c([2H])c(-n5cnc(C)c5)c([2H])c(C(F)(F)F)c4[2H])ccc3C([2H])([2H])[2H])n2)c([2H])c1[2H]. The number of nitrogens with zero attached hydrogens (tertiary/aromatic N) is 5. The van der Waals surface area contributed by atoms with Crippen LogP contribution in [0.25, 0.3) is 16.9 Å². The fourth-order valence-electron chi connectivity index (χ4n) is 3.34. The first kappa shape index (κ1) is 16.0. The largest absolute Gasteiger partial charge is 0.416 e. The van der Waals surface area contributed by atoms with Crippen molar-refractivity contribution in [3.8, 4) is 16.9 Å². The molecule has 0 radical (unpaired) electrons. The van der Waals surface area contributed by atoms with Crippen LogP contribution < -0.4 is 10.6 Å². The Kier molecular flexibility index (Phi) is 4.26. The zero-order chi connectivity index (χ0) is 36.2. The van der Waals surface area contributed by atoms with Gasteiger partial charge in [0.05, 0.1) is 32.9 Å². The molecule has 3 heterocycles. The van der Waals surface area contributed by atoms with Crippen molar-refractivity contribution in [2.45, 2.75) is 20.0 Å². The highest BCUT2D eigenvalue weighted by Gasteiger charge is 2.31. The van der Waals surface area contributed by atoms with E-state index in [1.54, 1.807) is 0 Å². The van der Waals surface area contributed by atoms with Gasteiger partial charge in [0.2, 0.25) is 5.95 Å². The van der Waals surface area contributed by atoms with Gasteiger partial charge in [0.25, 0.3) is 5.91 Å². The number of carbonyl (C=O) groups excluding carboxylic acids is 1. The molecule has 196 valence electrons. The van der Waals surface area contributed by atoms with E-state index in [9.17, 15) is 18.0 Å². The van der Waals surface area contributed by atoms with Crippen LogP contribution in [0.1, 0.15) is 40.9 Å². The van der Waals surface area contributed by atoms with Gasteiger partial charge in [-0.05, 0) is 67.8 Å². The summed E-state index contributed by atoms with van der Waals surface area (Å²) in [6, 6.07) is 0.121. The van der Waals surface area contributed by atoms with Gasteiger partial charge in [-0.1, -0.05) is 6.07 Å². The summed E-state index contributed by atoms with van der Waals surface area (Å²) in [5.41, 5.74) is -3.94. The van der Waals surface area contributed by atoms with Crippen molar-refractivity contribution in [1.82, 2.24) is 24.5 Å². The lowest BCUT2D eigenvalue weighted by atomic mass is 10.1. The van der Waals surface area contributed by atoms with Gasteiger partial charge in [-0.3, -0.25) is 9.78 Å². The lowest BCUT2D eigenvalue weighted by molar-refractivity contribution is -0.137. The predicted octanol–water partition coefficient (Wildman–Crippen LogP) is 6.36. The van der Waals surface area contributed by atoms with Crippen LogP contribution in [0, 0.1) is 13.8 Å². The van der Waals surface area contributed by atoms with Crippen LogP contribution in [-0.4, -0.2) is 30.4 Å². The summed E-state index contributed by atoms with van der Waals surface area (Å²) < 4.78 is 124. The molecular weight excluding hydrogens is 507 g/mol. The minimum atomic E-state index is -5.21. The fraction of sp³-hybridized carbons (Fsp3) is 0.107. The van der Waals surface area contributed by atoms with Gasteiger partial charge >= 0.3 is 6.18 Å². The number of nitrogens with one attached hydrogen (secondary N) is 2. The molecule has 39 heavy (non-hydrogen) atoms. The normalized spacial score (nSPS) is 15.3. The molecule has 0 fully saturated rings. The third kappa shape index (κ3) is 5.93. The lowest BCUT2D eigenvalue weighted by Gasteiger charge is -2.14. The number of halogens is 3. The predicted molar refractivity (Wildman–Crippen MR) is 141 cm³/mol. The maximum atomic E-state index is 14.1. The molecule has 0 unspecified atom stereocenters. The number of amides is 1. The van der Waals surface area contributed by atoms with Crippen molar-refractivity contribution in [3.63, 3.8) is 0 Å². The van der Waals surface area contributed by atoms with E-state index in [4.69, 9.17) is 13.7 Å². The van der Waals surface area contributed by atoms with E-state index < -0.39 is 78.4 Å². The van der Waals surface area contributed by atoms with Crippen LogP contribution >= 0.6 is 0 Å². The molecule has 2 aromatic carbocycles. The molecule has 1 amide bonds. The number of benzene rings is 2. The van der Waals surface area contributed by atoms with Crippen LogP contribution in [0.4, 0.5) is 30.5 Å². The number of pyridine rings is 1. The standard InChI is InChI=1S/C28H22F3N7O/c1-17-5-6-19(10-25(17)37-27-33-9-7-24(36-27)20-4-3-8-32-14-20)26(39)35-22-11-21(28(29,30)31)12-23(13-22)38-15-18(2)34-16-38/h3-16H,1-2H3,(H,35,39)(H,33,36,37)/i1D3,3D,4D,8D,11D,12D,13D,14D. The smallest absolute Gasteiger partial charge is 0.324 e. The highest BCUT2D eigenvalue weighted by molar-refractivity contribution is 6.05. The van der Waals surface area contributed by atoms with Crippen LogP contribution in [0.5, 0.6) is 0 Å². The summed E-state index contributed by atoms with van der Waals surface area (Å²) in [7, 11) is 0. The molecule has 5 rings (SSSR count). The second kappa shape index (κ2) is 10.4. The Balaban J connectivity index is 1.57. The molecule has 0 aliphatic carbocycles. The first-order valence-corrected chi connectivity index (χ1v) is 11.0. The minimum absolute atomic E-state index is 0.0639. The van der Waals surface area contributed by atoms with Crippen molar-refractivity contribution in [2.75, 3.05) is 10.6 Å². The molecule has 11 heteroatoms. The first-order chi connectivity index (χ1) is 22.8. The van der Waals surface area contributed by atoms with Gasteiger partial charge in [-0.15, -0.1) is 0 Å². The number of hydrogen-bond donors (Lipinski definition) is 2. The zero-order valence-corrected chi connectivity index (χ0v) is 19.8. The molecule has 0 bridgehead atoms. The van der Waals surface area contributed by atoms with Crippen LogP contribution in [0.15, 0.2) is 85.5 Å². The monoisotopic (exact) mass is 539 g/mol. The van der Waals surface area contributed by atoms with E-state index in [-0.39, 0.29) is 34.0 Å². The molecule has 0 atom stereocenters. The Bertz CT molecular complexity index is 2140. The average molecular weight is 540 g/mol. The summed E-state index contributed by atoms with van der Waals surface area (Å²) in [5.74, 6) is -1.40. The maximum Gasteiger partial charge on any atom is 0.416 e. The van der Waals surface area contributed by atoms with Gasteiger partial charge in [0, 0.05) is 57.0 Å². The second-order valence-electron chi connectivity index (χ2n) is 7.96. The fourth-order valence-corrected chi connectivity index (χ4v) is 3.34. The highest BCUT2D eigenvalue weighted by atomic mass is 19.4. The number of aromatic nitrogens is 5. The maximum absolute atomic E-state index is 14.1. The Morgan fingerprint density at radius 2 is 2.03 bits per heavy atom. The number of anilines is 3. The molecule has 5 aromatic rings. The van der Waals surface area contributed by atoms with E-state index in [1.165, 1.54) is 25.4 Å². The zero-order valence-electron chi connectivity index (χ0n) is 29.8. The molecule has 0 aliphatic rings. The van der Waals surface area contributed by atoms with Crippen molar-refractivity contribution < 1.29 is 31.7 Å². The van der Waals surface area contributed by atoms with E-state index in [1.807, 2.05) is 0 Å². The van der Waals surface area contributed by atoms with Gasteiger partial charge in [0.15, 0.2) is 0 Å². The molecule has 8 nitrogen and oxygen atoms in total. The summed E-state index contributed by atoms with van der Waals surface area (Å²) in [6.07, 6.45) is -2.75. The molecule has 0 saturated heterocycles. The van der Waals surface area contributed by atoms with Crippen molar-refractivity contribution >= 4 is 23.2 Å². The number of imidazole rings is 1. The third-order valence-electron chi connectivity index (χ3n) is 5.14. The topological polar surface area (TPSA) is 97.6 Å². The quantitative estimate of drug-likeness (QED) is 0.261. The minimum Gasteiger partial charge on any atom is -0.324 e. The Morgan fingerprint density at radius 1 is 1.15 bits per heavy atom. The number of hydrogen-bond acceptors (Lipinski definition) is 6. The molecular formula is C28H22F3N7O. The number of alkyl halides is 3. The van der Waals surface area contributed by atoms with Gasteiger partial charge in [-0.25, -0.2) is 15.0 Å². The van der Waals surface area contributed by atoms with Gasteiger partial charge < -0.3 is 15.2 Å². The second-order valence-corrected chi connectivity index (χ2v) is 7.96. The van der Waals surface area contributed by atoms with E-state index in [0.29, 0.717) is 5.69 Å². The van der Waals surface area contributed by atoms with Crippen molar-refractivity contribution in [3.05, 3.63) is 108 Å². The first-order valence-electron chi connectivity index (χ1n) is 16.0. The Labute approximate surface area is 235 Å². The average Bonchev–Trinajstić information content (AvgIpc) is 3.42. The number of aryl methyl sites for hydroxylation is 2. The van der Waals surface area contributed by atoms with E-state index in [0.717, 1.165) is 29.1 Å². The number of carbonyl (C=O) groups is 1. The van der Waals surface area contributed by atoms with Crippen LogP contribution in [0.2, 0.25) is 0 Å². The number of rotatable bonds is 6. The highest BCUT2D eigenvalue weighted by Crippen LogP contribution is 2.33. The Morgan fingerprint density at radius 3 is 2.79 bits per heavy atom. The molecule has 0 saturated carbocycles.